The fourth-order valence-corrected chi connectivity index (χ4v) is 2.07. The highest BCUT2D eigenvalue weighted by Crippen LogP contribution is 2.29. The van der Waals surface area contributed by atoms with Crippen LogP contribution < -0.4 is 5.32 Å². The van der Waals surface area contributed by atoms with E-state index < -0.39 is 0 Å². The van der Waals surface area contributed by atoms with Crippen molar-refractivity contribution < 1.29 is 10.2 Å². The third-order valence-corrected chi connectivity index (χ3v) is 3.11. The van der Waals surface area contributed by atoms with E-state index in [2.05, 4.69) is 10.3 Å². The molecule has 0 aliphatic rings. The number of benzene rings is 1. The number of phenolic OH excluding ortho intramolecular Hbond substituents is 2. The fraction of sp³-hybridized carbons (Fsp3) is 0.267. The van der Waals surface area contributed by atoms with Gasteiger partial charge in [0.15, 0.2) is 0 Å². The average Bonchev–Trinajstić information content (AvgIpc) is 2.42. The summed E-state index contributed by atoms with van der Waals surface area (Å²) in [6.45, 7) is 3.95. The first kappa shape index (κ1) is 13.4. The van der Waals surface area contributed by atoms with Crippen LogP contribution in [-0.2, 0) is 0 Å². The van der Waals surface area contributed by atoms with Gasteiger partial charge in [-0.3, -0.25) is 4.98 Å². The van der Waals surface area contributed by atoms with Crippen molar-refractivity contribution >= 4 is 0 Å². The second kappa shape index (κ2) is 5.71. The maximum atomic E-state index is 9.82. The Bertz CT molecular complexity index is 543. The van der Waals surface area contributed by atoms with E-state index in [4.69, 9.17) is 0 Å². The van der Waals surface area contributed by atoms with Gasteiger partial charge in [0.2, 0.25) is 0 Å². The first-order valence-electron chi connectivity index (χ1n) is 6.27. The number of hydrogen-bond donors (Lipinski definition) is 3. The first-order chi connectivity index (χ1) is 9.08. The van der Waals surface area contributed by atoms with E-state index in [1.807, 2.05) is 32.0 Å². The zero-order chi connectivity index (χ0) is 13.8. The van der Waals surface area contributed by atoms with E-state index in [0.29, 0.717) is 5.56 Å². The average molecular weight is 258 g/mol. The Morgan fingerprint density at radius 1 is 1.05 bits per heavy atom. The van der Waals surface area contributed by atoms with Gasteiger partial charge in [-0.1, -0.05) is 6.07 Å². The topological polar surface area (TPSA) is 65.4 Å². The molecule has 1 heterocycles. The molecule has 1 unspecified atom stereocenters. The molecule has 0 bridgehead atoms. The number of rotatable bonds is 4. The van der Waals surface area contributed by atoms with Gasteiger partial charge in [-0.15, -0.1) is 0 Å². The molecule has 2 rings (SSSR count). The van der Waals surface area contributed by atoms with Crippen LogP contribution in [0, 0.1) is 0 Å². The van der Waals surface area contributed by atoms with Gasteiger partial charge in [-0.05, 0) is 44.2 Å². The zero-order valence-electron chi connectivity index (χ0n) is 11.0. The summed E-state index contributed by atoms with van der Waals surface area (Å²) in [5, 5.41) is 22.7. The molecule has 0 radical (unpaired) electrons. The van der Waals surface area contributed by atoms with Crippen molar-refractivity contribution in [1.29, 1.82) is 0 Å². The smallest absolute Gasteiger partial charge is 0.120 e. The maximum Gasteiger partial charge on any atom is 0.120 e. The van der Waals surface area contributed by atoms with Gasteiger partial charge in [-0.25, -0.2) is 0 Å². The van der Waals surface area contributed by atoms with Gasteiger partial charge >= 0.3 is 0 Å². The molecule has 0 spiro atoms. The number of pyridine rings is 1. The number of nitrogens with one attached hydrogen (secondary N) is 1. The lowest BCUT2D eigenvalue weighted by atomic mass is 10.1. The molecule has 0 amide bonds. The number of hydrogen-bond acceptors (Lipinski definition) is 4. The molecule has 1 aromatic carbocycles. The summed E-state index contributed by atoms with van der Waals surface area (Å²) in [5.74, 6) is 0.318. The number of aromatic hydroxyl groups is 2. The lowest BCUT2D eigenvalue weighted by Gasteiger charge is -2.20. The van der Waals surface area contributed by atoms with Crippen LogP contribution in [0.1, 0.15) is 37.2 Å². The molecule has 2 aromatic rings. The highest BCUT2D eigenvalue weighted by molar-refractivity contribution is 5.40. The fourth-order valence-electron chi connectivity index (χ4n) is 2.07. The van der Waals surface area contributed by atoms with Gasteiger partial charge in [0.05, 0.1) is 5.69 Å². The molecule has 0 aliphatic carbocycles. The molecule has 0 fully saturated rings. The van der Waals surface area contributed by atoms with Crippen LogP contribution >= 0.6 is 0 Å². The minimum Gasteiger partial charge on any atom is -0.508 e. The quantitative estimate of drug-likeness (QED) is 0.738. The zero-order valence-corrected chi connectivity index (χ0v) is 11.0. The Hall–Kier alpha value is -2.07. The van der Waals surface area contributed by atoms with Crippen LogP contribution in [0.25, 0.3) is 0 Å². The van der Waals surface area contributed by atoms with Gasteiger partial charge in [-0.2, -0.15) is 0 Å². The molecule has 19 heavy (non-hydrogen) atoms. The van der Waals surface area contributed by atoms with E-state index in [1.54, 1.807) is 12.3 Å². The molecule has 100 valence electrons. The van der Waals surface area contributed by atoms with E-state index in [-0.39, 0.29) is 23.6 Å². The first-order valence-corrected chi connectivity index (χ1v) is 6.27. The van der Waals surface area contributed by atoms with Gasteiger partial charge in [0.1, 0.15) is 11.5 Å². The van der Waals surface area contributed by atoms with Crippen molar-refractivity contribution in [3.8, 4) is 11.5 Å². The minimum atomic E-state index is -0.0934. The highest BCUT2D eigenvalue weighted by atomic mass is 16.3. The lowest BCUT2D eigenvalue weighted by molar-refractivity contribution is 0.427. The van der Waals surface area contributed by atoms with E-state index in [0.717, 1.165) is 5.69 Å². The Labute approximate surface area is 112 Å². The maximum absolute atomic E-state index is 9.82. The monoisotopic (exact) mass is 258 g/mol. The normalized spacial score (nSPS) is 14.0. The molecule has 4 nitrogen and oxygen atoms in total. The lowest BCUT2D eigenvalue weighted by Crippen LogP contribution is -2.23. The van der Waals surface area contributed by atoms with Crippen LogP contribution in [0.3, 0.4) is 0 Å². The highest BCUT2D eigenvalue weighted by Gasteiger charge is 2.15. The molecular weight excluding hydrogens is 240 g/mol. The summed E-state index contributed by atoms with van der Waals surface area (Å²) in [6.07, 6.45) is 1.75. The molecule has 0 saturated carbocycles. The van der Waals surface area contributed by atoms with E-state index in [9.17, 15) is 10.2 Å². The summed E-state index contributed by atoms with van der Waals surface area (Å²) < 4.78 is 0. The predicted molar refractivity (Wildman–Crippen MR) is 74.0 cm³/mol. The molecule has 2 atom stereocenters. The van der Waals surface area contributed by atoms with Crippen molar-refractivity contribution in [3.05, 3.63) is 53.9 Å². The van der Waals surface area contributed by atoms with Crippen molar-refractivity contribution in [2.45, 2.75) is 25.9 Å². The van der Waals surface area contributed by atoms with Crippen molar-refractivity contribution in [2.24, 2.45) is 0 Å². The summed E-state index contributed by atoms with van der Waals surface area (Å²) in [6, 6.07) is 10.3. The molecular formula is C15H18N2O2. The third kappa shape index (κ3) is 3.23. The van der Waals surface area contributed by atoms with Crippen molar-refractivity contribution in [2.75, 3.05) is 0 Å². The second-order valence-corrected chi connectivity index (χ2v) is 4.61. The van der Waals surface area contributed by atoms with Crippen molar-refractivity contribution in [3.63, 3.8) is 0 Å². The molecule has 0 aliphatic heterocycles. The number of nitrogens with zero attached hydrogens (tertiary/aromatic N) is 1. The SMILES string of the molecule is CC(N[C@H](C)c1ccccn1)c1cc(O)ccc1O. The molecule has 4 heteroatoms. The Morgan fingerprint density at radius 3 is 2.53 bits per heavy atom. The number of aromatic nitrogens is 1. The van der Waals surface area contributed by atoms with Crippen LogP contribution in [-0.4, -0.2) is 15.2 Å². The van der Waals surface area contributed by atoms with Gasteiger partial charge < -0.3 is 15.5 Å². The van der Waals surface area contributed by atoms with E-state index >= 15 is 0 Å². The van der Waals surface area contributed by atoms with Crippen LogP contribution in [0.5, 0.6) is 11.5 Å². The Morgan fingerprint density at radius 2 is 1.84 bits per heavy atom. The van der Waals surface area contributed by atoms with E-state index in [1.165, 1.54) is 12.1 Å². The Kier molecular flexibility index (Phi) is 4.02. The standard InChI is InChI=1S/C15H18N2O2/c1-10(13-9-12(18)6-7-15(13)19)17-11(2)14-5-3-4-8-16-14/h3-11,17-19H,1-2H3/t10?,11-/m1/s1. The van der Waals surface area contributed by atoms with Gasteiger partial charge in [0.25, 0.3) is 0 Å². The summed E-state index contributed by atoms with van der Waals surface area (Å²) in [5.41, 5.74) is 1.61. The number of phenols is 2. The third-order valence-electron chi connectivity index (χ3n) is 3.11. The van der Waals surface area contributed by atoms with Gasteiger partial charge in [0, 0.05) is 23.8 Å². The Balaban J connectivity index is 2.13. The summed E-state index contributed by atoms with van der Waals surface area (Å²) in [7, 11) is 0. The molecule has 1 aromatic heterocycles. The molecule has 0 saturated heterocycles. The van der Waals surface area contributed by atoms with Crippen LogP contribution in [0.15, 0.2) is 42.6 Å². The second-order valence-electron chi connectivity index (χ2n) is 4.61. The largest absolute Gasteiger partial charge is 0.508 e. The van der Waals surface area contributed by atoms with Crippen LogP contribution in [0.2, 0.25) is 0 Å². The molecule has 3 N–H and O–H groups in total. The summed E-state index contributed by atoms with van der Waals surface area (Å²) in [4.78, 5) is 4.29. The minimum absolute atomic E-state index is 0.0537. The van der Waals surface area contributed by atoms with Crippen LogP contribution in [0.4, 0.5) is 0 Å². The van der Waals surface area contributed by atoms with Crippen molar-refractivity contribution in [1.82, 2.24) is 10.3 Å². The predicted octanol–water partition coefficient (Wildman–Crippen LogP) is 2.90. The summed E-state index contributed by atoms with van der Waals surface area (Å²) >= 11 is 0.